The summed E-state index contributed by atoms with van der Waals surface area (Å²) >= 11 is 0. The van der Waals surface area contributed by atoms with Crippen LogP contribution in [0.1, 0.15) is 5.56 Å². The van der Waals surface area contributed by atoms with Crippen molar-refractivity contribution in [1.29, 1.82) is 5.26 Å². The molecule has 16 aromatic rings. The Morgan fingerprint density at radius 3 is 1.23 bits per heavy atom. The third kappa shape index (κ3) is 6.50. The van der Waals surface area contributed by atoms with E-state index in [2.05, 4.69) is 267 Å². The molecule has 0 unspecified atom stereocenters. The van der Waals surface area contributed by atoms with Gasteiger partial charge in [-0.3, -0.25) is 13.7 Å². The minimum atomic E-state index is -3.07. The van der Waals surface area contributed by atoms with Gasteiger partial charge in [0, 0.05) is 48.8 Å². The van der Waals surface area contributed by atoms with Crippen LogP contribution in [0.5, 0.6) is 0 Å². The van der Waals surface area contributed by atoms with Crippen LogP contribution in [0.2, 0.25) is 0 Å². The number of nitrogens with zero attached hydrogens (tertiary/aromatic N) is 8. The fourth-order valence-corrected chi connectivity index (χ4v) is 17.7. The van der Waals surface area contributed by atoms with Crippen molar-refractivity contribution < 1.29 is 0 Å². The number of hydrogen-bond donors (Lipinski definition) is 0. The molecule has 368 valence electrons. The molecule has 0 atom stereocenters. The Kier molecular flexibility index (Phi) is 9.85. The summed E-state index contributed by atoms with van der Waals surface area (Å²) in [5, 5.41) is 23.8. The van der Waals surface area contributed by atoms with Crippen molar-refractivity contribution in [1.82, 2.24) is 33.2 Å². The van der Waals surface area contributed by atoms with E-state index in [1.165, 1.54) is 20.7 Å². The molecule has 0 saturated heterocycles. The predicted molar refractivity (Wildman–Crippen MR) is 326 cm³/mol. The van der Waals surface area contributed by atoms with E-state index in [0.717, 1.165) is 92.9 Å². The van der Waals surface area contributed by atoms with Crippen LogP contribution in [0, 0.1) is 11.3 Å². The molecule has 0 saturated carbocycles. The molecule has 79 heavy (non-hydrogen) atoms. The first kappa shape index (κ1) is 44.6. The zero-order valence-corrected chi connectivity index (χ0v) is 43.5. The third-order valence-corrected chi connectivity index (χ3v) is 21.0. The van der Waals surface area contributed by atoms with Crippen molar-refractivity contribution in [2.75, 3.05) is 0 Å². The van der Waals surface area contributed by atoms with Gasteiger partial charge in [-0.2, -0.15) is 20.2 Å². The molecule has 0 aliphatic heterocycles. The SMILES string of the molecule is N#Cc1ccc2c(c1)c1ccccc1n2-c1nc(-n2c3ccccc3c3ccccc32)nc(-n2c3cc([Si](c4ccccc4)(c4ccccc4)c4ccccc4)ccc3c3ccc4c(c5ccccc5n4-c4ccccc4)c32)n1. The van der Waals surface area contributed by atoms with Gasteiger partial charge in [-0.15, -0.1) is 0 Å². The summed E-state index contributed by atoms with van der Waals surface area (Å²) < 4.78 is 9.05. The van der Waals surface area contributed by atoms with Gasteiger partial charge in [0.25, 0.3) is 0 Å². The van der Waals surface area contributed by atoms with Crippen LogP contribution >= 0.6 is 0 Å². The molecular formula is C70H44N8Si. The van der Waals surface area contributed by atoms with Gasteiger partial charge in [-0.05, 0) is 87.5 Å². The summed E-state index contributed by atoms with van der Waals surface area (Å²) in [6.07, 6.45) is 0. The number of rotatable bonds is 8. The molecule has 0 bridgehead atoms. The van der Waals surface area contributed by atoms with Gasteiger partial charge in [0.1, 0.15) is 0 Å². The molecule has 0 fully saturated rings. The second-order valence-electron chi connectivity index (χ2n) is 20.3. The average molecular weight is 1030 g/mol. The van der Waals surface area contributed by atoms with Crippen LogP contribution in [-0.4, -0.2) is 41.3 Å². The lowest BCUT2D eigenvalue weighted by atomic mass is 10.1. The van der Waals surface area contributed by atoms with Crippen LogP contribution in [0.4, 0.5) is 0 Å². The highest BCUT2D eigenvalue weighted by atomic mass is 28.3. The maximum Gasteiger partial charge on any atom is 0.241 e. The molecular weight excluding hydrogens is 981 g/mol. The minimum Gasteiger partial charge on any atom is -0.309 e. The number of para-hydroxylation sites is 5. The van der Waals surface area contributed by atoms with Crippen molar-refractivity contribution in [2.24, 2.45) is 0 Å². The highest BCUT2D eigenvalue weighted by Crippen LogP contribution is 2.43. The topological polar surface area (TPSA) is 82.2 Å². The highest BCUT2D eigenvalue weighted by molar-refractivity contribution is 7.20. The van der Waals surface area contributed by atoms with Crippen LogP contribution < -0.4 is 20.7 Å². The quantitative estimate of drug-likeness (QED) is 0.112. The molecule has 5 aromatic heterocycles. The smallest absolute Gasteiger partial charge is 0.241 e. The van der Waals surface area contributed by atoms with Gasteiger partial charge >= 0.3 is 0 Å². The van der Waals surface area contributed by atoms with Crippen molar-refractivity contribution in [2.45, 2.75) is 0 Å². The molecule has 5 heterocycles. The normalized spacial score (nSPS) is 12.0. The third-order valence-electron chi connectivity index (χ3n) is 16.2. The van der Waals surface area contributed by atoms with Gasteiger partial charge in [0.2, 0.25) is 17.8 Å². The zero-order chi connectivity index (χ0) is 52.2. The van der Waals surface area contributed by atoms with E-state index in [-0.39, 0.29) is 0 Å². The van der Waals surface area contributed by atoms with Crippen molar-refractivity contribution >= 4 is 116 Å². The van der Waals surface area contributed by atoms with E-state index in [9.17, 15) is 5.26 Å². The molecule has 0 amide bonds. The standard InChI is InChI=1S/C70H44N8Si/c71-45-46-37-41-63-58(43-46)54-31-15-19-35-61(54)77(63)69-72-68(76-59-33-17-13-29-52(59)53-30-14-18-34-60(53)76)73-70(74-69)78-65-44-51(79(48-23-7-2-8-24-48,49-25-9-3-10-26-49)50-27-11-4-12-28-50)38-39-55(65)56-40-42-64-66(67(56)78)57-32-16-20-36-62(57)75(64)47-21-5-1-6-22-47/h1-44H. The monoisotopic (exact) mass is 1020 g/mol. The lowest BCUT2D eigenvalue weighted by molar-refractivity contribution is 0.848. The number of fused-ring (bicyclic) bond motifs is 13. The summed E-state index contributed by atoms with van der Waals surface area (Å²) in [4.78, 5) is 17.2. The highest BCUT2D eigenvalue weighted by Gasteiger charge is 2.42. The number of aromatic nitrogens is 7. The van der Waals surface area contributed by atoms with Crippen molar-refractivity contribution in [3.05, 3.63) is 272 Å². The Morgan fingerprint density at radius 1 is 0.291 bits per heavy atom. The summed E-state index contributed by atoms with van der Waals surface area (Å²) in [5.41, 5.74) is 9.55. The Balaban J connectivity index is 1.11. The Labute approximate surface area is 454 Å². The van der Waals surface area contributed by atoms with Gasteiger partial charge in [-0.1, -0.05) is 200 Å². The van der Waals surface area contributed by atoms with Crippen LogP contribution in [0.25, 0.3) is 111 Å². The number of hydrogen-bond acceptors (Lipinski definition) is 4. The van der Waals surface area contributed by atoms with E-state index < -0.39 is 8.07 Å². The maximum absolute atomic E-state index is 10.2. The van der Waals surface area contributed by atoms with Gasteiger partial charge < -0.3 is 4.57 Å². The first-order chi connectivity index (χ1) is 39.2. The fourth-order valence-electron chi connectivity index (χ4n) is 13.0. The Bertz CT molecular complexity index is 5000. The lowest BCUT2D eigenvalue weighted by Gasteiger charge is -2.34. The number of benzene rings is 11. The van der Waals surface area contributed by atoms with E-state index in [4.69, 9.17) is 15.0 Å². The van der Waals surface area contributed by atoms with Gasteiger partial charge in [0.05, 0.1) is 55.8 Å². The summed E-state index contributed by atoms with van der Waals surface area (Å²) in [6, 6.07) is 98.0. The van der Waals surface area contributed by atoms with Crippen LogP contribution in [0.15, 0.2) is 267 Å². The molecule has 11 aromatic carbocycles. The second-order valence-corrected chi connectivity index (χ2v) is 24.1. The maximum atomic E-state index is 10.2. The molecule has 0 aliphatic carbocycles. The van der Waals surface area contributed by atoms with Gasteiger partial charge in [0.15, 0.2) is 8.07 Å². The molecule has 0 radical (unpaired) electrons. The molecule has 16 rings (SSSR count). The van der Waals surface area contributed by atoms with Crippen molar-refractivity contribution in [3.63, 3.8) is 0 Å². The van der Waals surface area contributed by atoms with Crippen molar-refractivity contribution in [3.8, 4) is 29.6 Å². The Morgan fingerprint density at radius 2 is 0.696 bits per heavy atom. The van der Waals surface area contributed by atoms with E-state index in [0.29, 0.717) is 23.4 Å². The fraction of sp³-hybridized carbons (Fsp3) is 0. The first-order valence-electron chi connectivity index (χ1n) is 26.6. The summed E-state index contributed by atoms with van der Waals surface area (Å²) in [7, 11) is -3.07. The largest absolute Gasteiger partial charge is 0.309 e. The molecule has 9 heteroatoms. The van der Waals surface area contributed by atoms with E-state index >= 15 is 0 Å². The van der Waals surface area contributed by atoms with E-state index in [1.54, 1.807) is 0 Å². The predicted octanol–water partition coefficient (Wildman–Crippen LogP) is 13.5. The summed E-state index contributed by atoms with van der Waals surface area (Å²) in [5.74, 6) is 1.39. The molecule has 8 nitrogen and oxygen atoms in total. The molecule has 0 N–H and O–H groups in total. The first-order valence-corrected chi connectivity index (χ1v) is 28.6. The second kappa shape index (κ2) is 17.4. The Hall–Kier alpha value is -10.7. The number of nitriles is 1. The van der Waals surface area contributed by atoms with E-state index in [1.807, 2.05) is 24.3 Å². The minimum absolute atomic E-state index is 0.449. The molecule has 0 aliphatic rings. The average Bonchev–Trinajstić information content (AvgIpc) is 4.05. The van der Waals surface area contributed by atoms with Crippen LogP contribution in [0.3, 0.4) is 0 Å². The molecule has 0 spiro atoms. The van der Waals surface area contributed by atoms with Crippen LogP contribution in [-0.2, 0) is 0 Å². The summed E-state index contributed by atoms with van der Waals surface area (Å²) in [6.45, 7) is 0. The van der Waals surface area contributed by atoms with Gasteiger partial charge in [-0.25, -0.2) is 0 Å². The zero-order valence-electron chi connectivity index (χ0n) is 42.5. The lowest BCUT2D eigenvalue weighted by Crippen LogP contribution is -2.74.